The number of rotatable bonds is 3. The van der Waals surface area contributed by atoms with Crippen LogP contribution in [0.1, 0.15) is 6.92 Å². The van der Waals surface area contributed by atoms with Crippen molar-refractivity contribution >= 4 is 40.1 Å². The number of aromatic nitrogens is 2. The van der Waals surface area contributed by atoms with Crippen LogP contribution in [0, 0.1) is 0 Å². The minimum Gasteiger partial charge on any atom is -0.494 e. The van der Waals surface area contributed by atoms with Crippen LogP contribution in [0.5, 0.6) is 5.75 Å². The third kappa shape index (κ3) is 2.53. The number of hydrogen-bond acceptors (Lipinski definition) is 7. The number of nitrogens with one attached hydrogen (secondary N) is 1. The average molecular weight is 365 g/mol. The Balaban J connectivity index is 1.91. The summed E-state index contributed by atoms with van der Waals surface area (Å²) in [6, 6.07) is 2.71. The van der Waals surface area contributed by atoms with Crippen molar-refractivity contribution in [1.29, 1.82) is 0 Å². The van der Waals surface area contributed by atoms with Gasteiger partial charge in [-0.25, -0.2) is 4.98 Å². The molecule has 0 bridgehead atoms. The Bertz CT molecular complexity index is 865. The highest BCUT2D eigenvalue weighted by Gasteiger charge is 2.26. The van der Waals surface area contributed by atoms with Crippen LogP contribution in [0.25, 0.3) is 21.7 Å². The van der Waals surface area contributed by atoms with E-state index < -0.39 is 0 Å². The van der Waals surface area contributed by atoms with Crippen molar-refractivity contribution in [2.45, 2.75) is 13.0 Å². The molecule has 1 aliphatic rings. The van der Waals surface area contributed by atoms with Crippen molar-refractivity contribution in [2.24, 2.45) is 0 Å². The fourth-order valence-corrected chi connectivity index (χ4v) is 3.94. The predicted octanol–water partition coefficient (Wildman–Crippen LogP) is 3.41. The maximum atomic E-state index is 6.40. The lowest BCUT2D eigenvalue weighted by atomic mass is 10.2. The molecule has 1 atom stereocenters. The molecule has 0 radical (unpaired) electrons. The lowest BCUT2D eigenvalue weighted by molar-refractivity contribution is 0.416. The van der Waals surface area contributed by atoms with E-state index in [1.807, 2.05) is 5.38 Å². The van der Waals surface area contributed by atoms with Crippen molar-refractivity contribution in [3.63, 3.8) is 0 Å². The number of piperazine rings is 1. The molecule has 0 aliphatic carbocycles. The largest absolute Gasteiger partial charge is 0.494 e. The molecule has 1 aliphatic heterocycles. The maximum absolute atomic E-state index is 6.40. The van der Waals surface area contributed by atoms with E-state index in [0.717, 1.165) is 30.2 Å². The van der Waals surface area contributed by atoms with E-state index in [2.05, 4.69) is 27.1 Å². The monoisotopic (exact) mass is 364 g/mol. The van der Waals surface area contributed by atoms with E-state index in [1.165, 1.54) is 11.3 Å². The minimum absolute atomic E-state index is 0.312. The third-order valence-corrected chi connectivity index (χ3v) is 5.25. The van der Waals surface area contributed by atoms with Gasteiger partial charge in [0.15, 0.2) is 11.3 Å². The van der Waals surface area contributed by atoms with Gasteiger partial charge in [0.2, 0.25) is 0 Å². The fourth-order valence-electron chi connectivity index (χ4n) is 2.99. The Morgan fingerprint density at radius 2 is 2.38 bits per heavy atom. The van der Waals surface area contributed by atoms with Crippen LogP contribution < -0.4 is 15.0 Å². The molecule has 1 saturated heterocycles. The first-order valence-corrected chi connectivity index (χ1v) is 8.99. The van der Waals surface area contributed by atoms with Crippen molar-refractivity contribution in [3.05, 3.63) is 22.7 Å². The average Bonchev–Trinajstić information content (AvgIpc) is 3.23. The molecule has 126 valence electrons. The fraction of sp³-hybridized carbons (Fsp3) is 0.375. The van der Waals surface area contributed by atoms with Gasteiger partial charge in [0.25, 0.3) is 6.01 Å². The molecule has 2 aromatic heterocycles. The minimum atomic E-state index is 0.312. The summed E-state index contributed by atoms with van der Waals surface area (Å²) in [6.45, 7) is 4.82. The van der Waals surface area contributed by atoms with Gasteiger partial charge < -0.3 is 19.4 Å². The number of ether oxygens (including phenoxy) is 1. The van der Waals surface area contributed by atoms with Gasteiger partial charge in [0.1, 0.15) is 10.5 Å². The molecule has 1 aromatic carbocycles. The van der Waals surface area contributed by atoms with E-state index in [9.17, 15) is 0 Å². The number of halogens is 1. The molecule has 6 nitrogen and oxygen atoms in total. The number of oxazole rings is 1. The van der Waals surface area contributed by atoms with Crippen molar-refractivity contribution in [2.75, 3.05) is 31.6 Å². The van der Waals surface area contributed by atoms with E-state index in [1.54, 1.807) is 19.4 Å². The molecule has 4 rings (SSSR count). The first-order chi connectivity index (χ1) is 11.7. The number of hydrogen-bond donors (Lipinski definition) is 1. The van der Waals surface area contributed by atoms with Crippen LogP contribution in [0.15, 0.2) is 22.1 Å². The molecule has 0 spiro atoms. The molecular weight excluding hydrogens is 348 g/mol. The summed E-state index contributed by atoms with van der Waals surface area (Å²) in [5, 5.41) is 6.59. The Morgan fingerprint density at radius 3 is 3.08 bits per heavy atom. The second-order valence-corrected chi connectivity index (χ2v) is 7.00. The highest BCUT2D eigenvalue weighted by atomic mass is 35.5. The molecule has 3 aromatic rings. The van der Waals surface area contributed by atoms with Crippen LogP contribution in [0.4, 0.5) is 6.01 Å². The van der Waals surface area contributed by atoms with Crippen LogP contribution in [0.2, 0.25) is 5.02 Å². The summed E-state index contributed by atoms with van der Waals surface area (Å²) >= 11 is 7.91. The van der Waals surface area contributed by atoms with Gasteiger partial charge in [-0.05, 0) is 13.0 Å². The Hall–Kier alpha value is -1.83. The summed E-state index contributed by atoms with van der Waals surface area (Å²) < 4.78 is 11.7. The molecular formula is C16H17ClN4O2S. The first kappa shape index (κ1) is 15.7. The van der Waals surface area contributed by atoms with Crippen molar-refractivity contribution in [3.8, 4) is 16.3 Å². The van der Waals surface area contributed by atoms with E-state index >= 15 is 0 Å². The Morgan fingerprint density at radius 1 is 1.50 bits per heavy atom. The summed E-state index contributed by atoms with van der Waals surface area (Å²) in [4.78, 5) is 11.2. The van der Waals surface area contributed by atoms with Crippen molar-refractivity contribution in [1.82, 2.24) is 15.3 Å². The highest BCUT2D eigenvalue weighted by molar-refractivity contribution is 7.13. The number of methoxy groups -OCH3 is 1. The summed E-state index contributed by atoms with van der Waals surface area (Å²) in [7, 11) is 1.60. The van der Waals surface area contributed by atoms with E-state index in [0.29, 0.717) is 33.9 Å². The summed E-state index contributed by atoms with van der Waals surface area (Å²) in [5.41, 5.74) is 2.13. The second-order valence-electron chi connectivity index (χ2n) is 5.70. The zero-order chi connectivity index (χ0) is 16.7. The van der Waals surface area contributed by atoms with Crippen LogP contribution in [0.3, 0.4) is 0 Å². The second kappa shape index (κ2) is 6.23. The zero-order valence-corrected chi connectivity index (χ0v) is 14.9. The Kier molecular flexibility index (Phi) is 4.07. The van der Waals surface area contributed by atoms with Crippen LogP contribution in [-0.2, 0) is 0 Å². The third-order valence-electron chi connectivity index (χ3n) is 4.17. The molecule has 8 heteroatoms. The predicted molar refractivity (Wildman–Crippen MR) is 96.4 cm³/mol. The molecule has 1 unspecified atom stereocenters. The molecule has 1 fully saturated rings. The lowest BCUT2D eigenvalue weighted by Gasteiger charge is -2.32. The van der Waals surface area contributed by atoms with Gasteiger partial charge >= 0.3 is 0 Å². The van der Waals surface area contributed by atoms with Gasteiger partial charge in [-0.2, -0.15) is 4.98 Å². The first-order valence-electron chi connectivity index (χ1n) is 7.73. The van der Waals surface area contributed by atoms with E-state index in [-0.39, 0.29) is 0 Å². The molecule has 24 heavy (non-hydrogen) atoms. The quantitative estimate of drug-likeness (QED) is 0.768. The van der Waals surface area contributed by atoms with E-state index in [4.69, 9.17) is 20.8 Å². The van der Waals surface area contributed by atoms with Crippen molar-refractivity contribution < 1.29 is 9.15 Å². The summed E-state index contributed by atoms with van der Waals surface area (Å²) in [5.74, 6) is 0.565. The van der Waals surface area contributed by atoms with Gasteiger partial charge in [-0.1, -0.05) is 11.6 Å². The number of nitrogens with zero attached hydrogens (tertiary/aromatic N) is 3. The maximum Gasteiger partial charge on any atom is 0.298 e. The molecule has 0 amide bonds. The van der Waals surface area contributed by atoms with Crippen LogP contribution >= 0.6 is 22.9 Å². The number of thiazole rings is 1. The molecule has 3 heterocycles. The Labute approximate surface area is 148 Å². The standard InChI is InChI=1S/C16H17ClN4O2S/c1-9-8-18-3-5-21(9)16-20-11-7-10(17)13(22-2)12(14(11)23-16)15-19-4-6-24-15/h4,6-7,9,18H,3,5,8H2,1-2H3. The zero-order valence-electron chi connectivity index (χ0n) is 13.4. The number of anilines is 1. The molecule has 1 N–H and O–H groups in total. The SMILES string of the molecule is COc1c(Cl)cc2nc(N3CCNCC3C)oc2c1-c1nccs1. The van der Waals surface area contributed by atoms with Gasteiger partial charge in [0.05, 0.1) is 17.7 Å². The topological polar surface area (TPSA) is 63.4 Å². The molecule has 0 saturated carbocycles. The number of benzene rings is 1. The smallest absolute Gasteiger partial charge is 0.298 e. The number of fused-ring (bicyclic) bond motifs is 1. The lowest BCUT2D eigenvalue weighted by Crippen LogP contribution is -2.50. The van der Waals surface area contributed by atoms with Gasteiger partial charge in [-0.15, -0.1) is 11.3 Å². The van der Waals surface area contributed by atoms with Crippen LogP contribution in [-0.4, -0.2) is 42.8 Å². The highest BCUT2D eigenvalue weighted by Crippen LogP contribution is 2.44. The van der Waals surface area contributed by atoms with Gasteiger partial charge in [-0.3, -0.25) is 0 Å². The van der Waals surface area contributed by atoms with Gasteiger partial charge in [0, 0.05) is 37.3 Å². The summed E-state index contributed by atoms with van der Waals surface area (Å²) in [6.07, 6.45) is 1.75. The normalized spacial score (nSPS) is 18.3.